The number of hydrogen-bond acceptors (Lipinski definition) is 2. The Morgan fingerprint density at radius 1 is 1.54 bits per heavy atom. The highest BCUT2D eigenvalue weighted by atomic mass is 19.1. The van der Waals surface area contributed by atoms with Gasteiger partial charge < -0.3 is 10.5 Å². The van der Waals surface area contributed by atoms with Crippen molar-refractivity contribution in [2.45, 2.75) is 12.5 Å². The molecule has 1 aromatic carbocycles. The molecule has 3 heteroatoms. The molecule has 2 N–H and O–H groups in total. The summed E-state index contributed by atoms with van der Waals surface area (Å²) in [6.45, 7) is 0.653. The van der Waals surface area contributed by atoms with Gasteiger partial charge in [0.15, 0.2) is 0 Å². The largest absolute Gasteiger partial charge is 0.490 e. The van der Waals surface area contributed by atoms with Gasteiger partial charge in [0.05, 0.1) is 0 Å². The summed E-state index contributed by atoms with van der Waals surface area (Å²) in [5, 5.41) is 0. The molecule has 0 aromatic heterocycles. The van der Waals surface area contributed by atoms with E-state index in [4.69, 9.17) is 10.5 Å². The highest BCUT2D eigenvalue weighted by Gasteiger charge is 2.38. The van der Waals surface area contributed by atoms with Crippen molar-refractivity contribution in [3.05, 3.63) is 30.1 Å². The van der Waals surface area contributed by atoms with E-state index in [2.05, 4.69) is 0 Å². The molecular formula is C10H12FNO. The minimum Gasteiger partial charge on any atom is -0.490 e. The molecular weight excluding hydrogens is 169 g/mol. The van der Waals surface area contributed by atoms with Gasteiger partial charge in [-0.05, 0) is 25.1 Å². The van der Waals surface area contributed by atoms with Crippen molar-refractivity contribution in [1.82, 2.24) is 0 Å². The maximum Gasteiger partial charge on any atom is 0.126 e. The van der Waals surface area contributed by atoms with Crippen LogP contribution in [0.5, 0.6) is 5.75 Å². The van der Waals surface area contributed by atoms with E-state index in [0.29, 0.717) is 18.2 Å². The molecule has 0 bridgehead atoms. The Morgan fingerprint density at radius 3 is 3.00 bits per heavy atom. The molecule has 1 aliphatic rings. The fourth-order valence-electron chi connectivity index (χ4n) is 1.33. The van der Waals surface area contributed by atoms with Crippen LogP contribution in [-0.2, 0) is 0 Å². The van der Waals surface area contributed by atoms with Crippen molar-refractivity contribution in [2.24, 2.45) is 11.7 Å². The predicted octanol–water partition coefficient (Wildman–Crippen LogP) is 1.55. The van der Waals surface area contributed by atoms with Crippen LogP contribution in [0.25, 0.3) is 0 Å². The fourth-order valence-corrected chi connectivity index (χ4v) is 1.33. The number of hydrogen-bond donors (Lipinski definition) is 1. The molecule has 1 aliphatic carbocycles. The van der Waals surface area contributed by atoms with Gasteiger partial charge in [-0.15, -0.1) is 0 Å². The Hall–Kier alpha value is -1.09. The summed E-state index contributed by atoms with van der Waals surface area (Å²) in [6.07, 6.45) is 1.19. The van der Waals surface area contributed by atoms with E-state index in [9.17, 15) is 4.39 Å². The van der Waals surface area contributed by atoms with Crippen LogP contribution >= 0.6 is 0 Å². The quantitative estimate of drug-likeness (QED) is 0.767. The summed E-state index contributed by atoms with van der Waals surface area (Å²) in [5.41, 5.74) is 5.45. The monoisotopic (exact) mass is 181 g/mol. The first-order chi connectivity index (χ1) is 6.29. The van der Waals surface area contributed by atoms with E-state index in [-0.39, 0.29) is 11.9 Å². The molecule has 1 aromatic rings. The third kappa shape index (κ3) is 1.98. The van der Waals surface area contributed by atoms with Crippen molar-refractivity contribution in [3.63, 3.8) is 0 Å². The second-order valence-corrected chi connectivity index (χ2v) is 3.35. The first-order valence-corrected chi connectivity index (χ1v) is 4.42. The van der Waals surface area contributed by atoms with Crippen LogP contribution in [0.3, 0.4) is 0 Å². The molecule has 2 nitrogen and oxygen atoms in total. The molecule has 0 saturated heterocycles. The van der Waals surface area contributed by atoms with Gasteiger partial charge in [-0.3, -0.25) is 0 Å². The number of benzene rings is 1. The maximum atomic E-state index is 12.7. The summed E-state index contributed by atoms with van der Waals surface area (Å²) in [5.74, 6) is 0.798. The highest BCUT2D eigenvalue weighted by Crippen LogP contribution is 2.33. The summed E-state index contributed by atoms with van der Waals surface area (Å²) in [4.78, 5) is 0. The molecule has 1 fully saturated rings. The number of rotatable bonds is 3. The second-order valence-electron chi connectivity index (χ2n) is 3.35. The average molecular weight is 181 g/mol. The molecule has 13 heavy (non-hydrogen) atoms. The van der Waals surface area contributed by atoms with Crippen LogP contribution in [0, 0.1) is 11.7 Å². The van der Waals surface area contributed by atoms with Gasteiger partial charge in [0.25, 0.3) is 0 Å². The zero-order valence-corrected chi connectivity index (χ0v) is 7.24. The molecule has 1 saturated carbocycles. The smallest absolute Gasteiger partial charge is 0.126 e. The van der Waals surface area contributed by atoms with Crippen molar-refractivity contribution in [1.29, 1.82) is 0 Å². The van der Waals surface area contributed by atoms with Gasteiger partial charge in [-0.25, -0.2) is 4.39 Å². The first-order valence-electron chi connectivity index (χ1n) is 4.42. The Kier molecular flexibility index (Phi) is 2.19. The molecule has 0 aliphatic heterocycles. The average Bonchev–Trinajstić information content (AvgIpc) is 2.83. The topological polar surface area (TPSA) is 35.2 Å². The van der Waals surface area contributed by atoms with E-state index in [1.807, 2.05) is 0 Å². The third-order valence-electron chi connectivity index (χ3n) is 2.24. The van der Waals surface area contributed by atoms with Crippen molar-refractivity contribution >= 4 is 0 Å². The van der Waals surface area contributed by atoms with Gasteiger partial charge in [0, 0.05) is 12.0 Å². The van der Waals surface area contributed by atoms with Crippen molar-refractivity contribution < 1.29 is 9.13 Å². The van der Waals surface area contributed by atoms with E-state index < -0.39 is 0 Å². The van der Waals surface area contributed by atoms with E-state index in [0.717, 1.165) is 6.42 Å². The van der Waals surface area contributed by atoms with Crippen molar-refractivity contribution in [3.8, 4) is 5.75 Å². The maximum absolute atomic E-state index is 12.7. The van der Waals surface area contributed by atoms with Gasteiger partial charge in [-0.1, -0.05) is 6.07 Å². The Balaban J connectivity index is 1.95. The fraction of sp³-hybridized carbons (Fsp3) is 0.400. The molecule has 0 radical (unpaired) electrons. The number of halogens is 1. The first kappa shape index (κ1) is 8.51. The highest BCUT2D eigenvalue weighted by molar-refractivity contribution is 5.23. The molecule has 2 unspecified atom stereocenters. The molecule has 70 valence electrons. The third-order valence-corrected chi connectivity index (χ3v) is 2.24. The number of nitrogens with two attached hydrogens (primary N) is 1. The Morgan fingerprint density at radius 2 is 2.38 bits per heavy atom. The minimum atomic E-state index is -0.262. The van der Waals surface area contributed by atoms with Gasteiger partial charge in [-0.2, -0.15) is 0 Å². The molecule has 0 heterocycles. The lowest BCUT2D eigenvalue weighted by Crippen LogP contribution is -2.08. The lowest BCUT2D eigenvalue weighted by atomic mass is 10.3. The Labute approximate surface area is 76.5 Å². The molecule has 2 atom stereocenters. The minimum absolute atomic E-state index is 0.201. The lowest BCUT2D eigenvalue weighted by molar-refractivity contribution is 0.284. The molecule has 0 amide bonds. The van der Waals surface area contributed by atoms with Crippen LogP contribution < -0.4 is 10.5 Å². The van der Waals surface area contributed by atoms with Crippen LogP contribution in [0.1, 0.15) is 6.42 Å². The molecule has 2 rings (SSSR count). The SMILES string of the molecule is NCC1CC1Oc1cccc(F)c1. The standard InChI is InChI=1S/C10H12FNO/c11-8-2-1-3-9(5-8)13-10-4-7(10)6-12/h1-3,5,7,10H,4,6,12H2. The van der Waals surface area contributed by atoms with E-state index in [1.54, 1.807) is 12.1 Å². The van der Waals surface area contributed by atoms with Crippen molar-refractivity contribution in [2.75, 3.05) is 6.54 Å². The van der Waals surface area contributed by atoms with E-state index >= 15 is 0 Å². The zero-order chi connectivity index (χ0) is 9.26. The van der Waals surface area contributed by atoms with Crippen LogP contribution in [0.15, 0.2) is 24.3 Å². The van der Waals surface area contributed by atoms with Gasteiger partial charge >= 0.3 is 0 Å². The second kappa shape index (κ2) is 3.34. The normalized spacial score (nSPS) is 25.7. The van der Waals surface area contributed by atoms with Gasteiger partial charge in [0.2, 0.25) is 0 Å². The zero-order valence-electron chi connectivity index (χ0n) is 7.24. The van der Waals surface area contributed by atoms with Crippen LogP contribution in [0.4, 0.5) is 4.39 Å². The lowest BCUT2D eigenvalue weighted by Gasteiger charge is -2.04. The summed E-state index contributed by atoms with van der Waals surface area (Å²) in [6, 6.07) is 6.20. The Bertz CT molecular complexity index is 303. The number of ether oxygens (including phenoxy) is 1. The van der Waals surface area contributed by atoms with Crippen LogP contribution in [-0.4, -0.2) is 12.6 Å². The summed E-state index contributed by atoms with van der Waals surface area (Å²) in [7, 11) is 0. The van der Waals surface area contributed by atoms with E-state index in [1.165, 1.54) is 12.1 Å². The summed E-state index contributed by atoms with van der Waals surface area (Å²) >= 11 is 0. The predicted molar refractivity (Wildman–Crippen MR) is 48.0 cm³/mol. The van der Waals surface area contributed by atoms with Gasteiger partial charge in [0.1, 0.15) is 17.7 Å². The molecule has 0 spiro atoms. The summed E-state index contributed by atoms with van der Waals surface area (Å²) < 4.78 is 18.2. The van der Waals surface area contributed by atoms with Crippen LogP contribution in [0.2, 0.25) is 0 Å².